The van der Waals surface area contributed by atoms with Crippen molar-refractivity contribution < 1.29 is 9.47 Å². The molecule has 0 bridgehead atoms. The zero-order chi connectivity index (χ0) is 12.0. The third kappa shape index (κ3) is 4.18. The Morgan fingerprint density at radius 2 is 2.06 bits per heavy atom. The molecule has 1 rings (SSSR count). The number of hydrogen-bond acceptors (Lipinski definition) is 2. The van der Waals surface area contributed by atoms with Crippen molar-refractivity contribution in [3.05, 3.63) is 27.2 Å². The number of ether oxygens (including phenoxy) is 2. The van der Waals surface area contributed by atoms with Crippen LogP contribution in [0, 0.1) is 0 Å². The van der Waals surface area contributed by atoms with E-state index >= 15 is 0 Å². The molecule has 0 aromatic heterocycles. The lowest BCUT2D eigenvalue weighted by Gasteiger charge is -2.10. The van der Waals surface area contributed by atoms with E-state index in [9.17, 15) is 0 Å². The normalized spacial score (nSPS) is 9.75. The van der Waals surface area contributed by atoms with Gasteiger partial charge in [0.1, 0.15) is 0 Å². The Morgan fingerprint density at radius 3 is 2.62 bits per heavy atom. The molecule has 0 aliphatic carbocycles. The van der Waals surface area contributed by atoms with Crippen LogP contribution in [0.2, 0.25) is 0 Å². The molecule has 0 saturated carbocycles. The molecule has 4 heteroatoms. The molecule has 0 unspecified atom stereocenters. The maximum Gasteiger partial charge on any atom is 0.161 e. The predicted molar refractivity (Wildman–Crippen MR) is 74.6 cm³/mol. The predicted octanol–water partition coefficient (Wildman–Crippen LogP) is 4.57. The van der Waals surface area contributed by atoms with E-state index in [2.05, 4.69) is 38.8 Å². The highest BCUT2D eigenvalue weighted by Gasteiger charge is 2.04. The standard InChI is InChI=1S/C12H14Br2O2/c1-3-6-16-10-5-4-9(8-12(13)14)7-11(10)15-2/h4-5,7-8H,3,6H2,1-2H3. The zero-order valence-electron chi connectivity index (χ0n) is 9.30. The molecule has 0 N–H and O–H groups in total. The van der Waals surface area contributed by atoms with Crippen LogP contribution in [0.3, 0.4) is 0 Å². The van der Waals surface area contributed by atoms with Gasteiger partial charge in [-0.25, -0.2) is 0 Å². The van der Waals surface area contributed by atoms with Crippen LogP contribution in [0.4, 0.5) is 0 Å². The second kappa shape index (κ2) is 6.97. The summed E-state index contributed by atoms with van der Waals surface area (Å²) >= 11 is 6.65. The molecule has 0 fully saturated rings. The molecule has 0 aliphatic rings. The van der Waals surface area contributed by atoms with Gasteiger partial charge in [-0.05, 0) is 62.1 Å². The SMILES string of the molecule is CCCOc1ccc(C=C(Br)Br)cc1OC. The van der Waals surface area contributed by atoms with Gasteiger partial charge in [-0.2, -0.15) is 0 Å². The van der Waals surface area contributed by atoms with Crippen molar-refractivity contribution in [2.75, 3.05) is 13.7 Å². The van der Waals surface area contributed by atoms with Gasteiger partial charge in [-0.15, -0.1) is 0 Å². The first kappa shape index (κ1) is 13.6. The molecule has 1 aromatic carbocycles. The van der Waals surface area contributed by atoms with Crippen molar-refractivity contribution in [3.63, 3.8) is 0 Å². The first-order valence-electron chi connectivity index (χ1n) is 5.01. The van der Waals surface area contributed by atoms with Crippen molar-refractivity contribution >= 4 is 37.9 Å². The van der Waals surface area contributed by atoms with Gasteiger partial charge in [0.2, 0.25) is 0 Å². The maximum absolute atomic E-state index is 5.57. The molecule has 0 heterocycles. The Labute approximate surface area is 113 Å². The number of halogens is 2. The molecule has 0 amide bonds. The monoisotopic (exact) mass is 348 g/mol. The lowest BCUT2D eigenvalue weighted by Crippen LogP contribution is -1.97. The van der Waals surface area contributed by atoms with Crippen LogP contribution in [-0.2, 0) is 0 Å². The van der Waals surface area contributed by atoms with Gasteiger partial charge in [0.25, 0.3) is 0 Å². The number of methoxy groups -OCH3 is 1. The molecule has 0 spiro atoms. The van der Waals surface area contributed by atoms with Crippen LogP contribution < -0.4 is 9.47 Å². The fourth-order valence-electron chi connectivity index (χ4n) is 1.23. The number of rotatable bonds is 5. The van der Waals surface area contributed by atoms with E-state index in [1.807, 2.05) is 24.3 Å². The van der Waals surface area contributed by atoms with E-state index in [-0.39, 0.29) is 0 Å². The van der Waals surface area contributed by atoms with E-state index in [0.29, 0.717) is 6.61 Å². The maximum atomic E-state index is 5.57. The van der Waals surface area contributed by atoms with E-state index in [0.717, 1.165) is 26.9 Å². The largest absolute Gasteiger partial charge is 0.493 e. The number of hydrogen-bond donors (Lipinski definition) is 0. The average molecular weight is 350 g/mol. The van der Waals surface area contributed by atoms with Crippen LogP contribution in [0.15, 0.2) is 21.6 Å². The summed E-state index contributed by atoms with van der Waals surface area (Å²) in [5, 5.41) is 0. The first-order chi connectivity index (χ1) is 7.67. The molecule has 0 saturated heterocycles. The summed E-state index contributed by atoms with van der Waals surface area (Å²) < 4.78 is 11.7. The van der Waals surface area contributed by atoms with Crippen LogP contribution in [0.5, 0.6) is 11.5 Å². The zero-order valence-corrected chi connectivity index (χ0v) is 12.5. The van der Waals surface area contributed by atoms with Crippen molar-refractivity contribution in [2.24, 2.45) is 0 Å². The van der Waals surface area contributed by atoms with Crippen molar-refractivity contribution in [2.45, 2.75) is 13.3 Å². The highest BCUT2D eigenvalue weighted by Crippen LogP contribution is 2.30. The summed E-state index contributed by atoms with van der Waals surface area (Å²) in [5.74, 6) is 1.54. The second-order valence-electron chi connectivity index (χ2n) is 3.19. The molecular weight excluding hydrogens is 336 g/mol. The summed E-state index contributed by atoms with van der Waals surface area (Å²) in [6.45, 7) is 2.78. The first-order valence-corrected chi connectivity index (χ1v) is 6.59. The van der Waals surface area contributed by atoms with E-state index < -0.39 is 0 Å². The fraction of sp³-hybridized carbons (Fsp3) is 0.333. The quantitative estimate of drug-likeness (QED) is 0.775. The smallest absolute Gasteiger partial charge is 0.161 e. The summed E-state index contributed by atoms with van der Waals surface area (Å²) in [7, 11) is 1.64. The summed E-state index contributed by atoms with van der Waals surface area (Å²) in [6, 6.07) is 5.84. The third-order valence-corrected chi connectivity index (χ3v) is 2.38. The molecule has 0 atom stereocenters. The Hall–Kier alpha value is -0.480. The minimum absolute atomic E-state index is 0.702. The topological polar surface area (TPSA) is 18.5 Å². The van der Waals surface area contributed by atoms with Gasteiger partial charge < -0.3 is 9.47 Å². The van der Waals surface area contributed by atoms with Gasteiger partial charge in [0.05, 0.1) is 17.1 Å². The van der Waals surface area contributed by atoms with Crippen LogP contribution in [0.1, 0.15) is 18.9 Å². The Kier molecular flexibility index (Phi) is 5.91. The van der Waals surface area contributed by atoms with Gasteiger partial charge in [0.15, 0.2) is 11.5 Å². The highest BCUT2D eigenvalue weighted by atomic mass is 79.9. The number of benzene rings is 1. The minimum Gasteiger partial charge on any atom is -0.493 e. The van der Waals surface area contributed by atoms with E-state index in [1.54, 1.807) is 7.11 Å². The molecule has 88 valence electrons. The van der Waals surface area contributed by atoms with Crippen LogP contribution in [0.25, 0.3) is 6.08 Å². The Balaban J connectivity index is 2.92. The Bertz CT molecular complexity index is 371. The molecule has 2 nitrogen and oxygen atoms in total. The molecule has 0 radical (unpaired) electrons. The minimum atomic E-state index is 0.702. The van der Waals surface area contributed by atoms with E-state index in [1.165, 1.54) is 0 Å². The van der Waals surface area contributed by atoms with Crippen molar-refractivity contribution in [3.8, 4) is 11.5 Å². The third-order valence-electron chi connectivity index (χ3n) is 1.93. The van der Waals surface area contributed by atoms with Gasteiger partial charge in [-0.1, -0.05) is 13.0 Å². The van der Waals surface area contributed by atoms with Crippen LogP contribution >= 0.6 is 31.9 Å². The Morgan fingerprint density at radius 1 is 1.31 bits per heavy atom. The molecule has 0 aliphatic heterocycles. The van der Waals surface area contributed by atoms with E-state index in [4.69, 9.17) is 9.47 Å². The van der Waals surface area contributed by atoms with Crippen LogP contribution in [-0.4, -0.2) is 13.7 Å². The summed E-state index contributed by atoms with van der Waals surface area (Å²) in [5.41, 5.74) is 1.05. The molecular formula is C12H14Br2O2. The summed E-state index contributed by atoms with van der Waals surface area (Å²) in [6.07, 6.45) is 2.93. The summed E-state index contributed by atoms with van der Waals surface area (Å²) in [4.78, 5) is 0. The molecule has 1 aromatic rings. The van der Waals surface area contributed by atoms with Crippen molar-refractivity contribution in [1.29, 1.82) is 0 Å². The van der Waals surface area contributed by atoms with Gasteiger partial charge in [-0.3, -0.25) is 0 Å². The van der Waals surface area contributed by atoms with Gasteiger partial charge >= 0.3 is 0 Å². The fourth-order valence-corrected chi connectivity index (χ4v) is 1.76. The average Bonchev–Trinajstić information content (AvgIpc) is 2.26. The molecule has 16 heavy (non-hydrogen) atoms. The highest BCUT2D eigenvalue weighted by molar-refractivity contribution is 9.28. The van der Waals surface area contributed by atoms with Gasteiger partial charge in [0, 0.05) is 0 Å². The van der Waals surface area contributed by atoms with Crippen molar-refractivity contribution in [1.82, 2.24) is 0 Å². The second-order valence-corrected chi connectivity index (χ2v) is 5.97. The lowest BCUT2D eigenvalue weighted by atomic mass is 10.2. The lowest BCUT2D eigenvalue weighted by molar-refractivity contribution is 0.294.